The molecular formula is C19H36N2O. The van der Waals surface area contributed by atoms with Gasteiger partial charge in [0, 0.05) is 37.8 Å². The quantitative estimate of drug-likeness (QED) is 0.758. The Balaban J connectivity index is 1.55. The van der Waals surface area contributed by atoms with Crippen molar-refractivity contribution < 1.29 is 5.11 Å². The van der Waals surface area contributed by atoms with E-state index in [0.29, 0.717) is 12.6 Å². The van der Waals surface area contributed by atoms with Crippen molar-refractivity contribution in [2.75, 3.05) is 19.7 Å². The van der Waals surface area contributed by atoms with Gasteiger partial charge in [-0.1, -0.05) is 19.3 Å². The minimum Gasteiger partial charge on any atom is -0.396 e. The van der Waals surface area contributed by atoms with Crippen molar-refractivity contribution in [2.24, 2.45) is 11.8 Å². The fourth-order valence-electron chi connectivity index (χ4n) is 4.76. The second kappa shape index (κ2) is 8.12. The summed E-state index contributed by atoms with van der Waals surface area (Å²) in [6.45, 7) is 5.32. The Morgan fingerprint density at radius 3 is 2.50 bits per heavy atom. The van der Waals surface area contributed by atoms with E-state index < -0.39 is 0 Å². The first-order chi connectivity index (χ1) is 10.8. The molecule has 128 valence electrons. The molecule has 0 bridgehead atoms. The average molecular weight is 309 g/mol. The second-order valence-corrected chi connectivity index (χ2v) is 8.20. The minimum atomic E-state index is 0.357. The number of hydrogen-bond acceptors (Lipinski definition) is 3. The molecule has 2 aliphatic carbocycles. The highest BCUT2D eigenvalue weighted by atomic mass is 16.2. The lowest BCUT2D eigenvalue weighted by Crippen LogP contribution is -2.54. The van der Waals surface area contributed by atoms with E-state index in [0.717, 1.165) is 30.3 Å². The molecule has 3 heteroatoms. The maximum absolute atomic E-state index is 9.17. The third-order valence-corrected chi connectivity index (χ3v) is 6.29. The Morgan fingerprint density at radius 2 is 1.82 bits per heavy atom. The molecule has 0 aromatic heterocycles. The number of nitrogens with one attached hydrogen (secondary N) is 1. The van der Waals surface area contributed by atoms with E-state index in [-0.39, 0.29) is 0 Å². The van der Waals surface area contributed by atoms with Gasteiger partial charge in [0.1, 0.15) is 0 Å². The van der Waals surface area contributed by atoms with Crippen LogP contribution < -0.4 is 5.32 Å². The van der Waals surface area contributed by atoms with Gasteiger partial charge in [0.25, 0.3) is 0 Å². The molecule has 3 atom stereocenters. The Kier molecular flexibility index (Phi) is 6.17. The monoisotopic (exact) mass is 308 g/mol. The normalized spacial score (nSPS) is 33.0. The van der Waals surface area contributed by atoms with Gasteiger partial charge in [0.15, 0.2) is 0 Å². The Labute approximate surface area is 136 Å². The molecule has 3 unspecified atom stereocenters. The Bertz CT molecular complexity index is 325. The fourth-order valence-corrected chi connectivity index (χ4v) is 4.76. The van der Waals surface area contributed by atoms with Crippen LogP contribution >= 0.6 is 0 Å². The van der Waals surface area contributed by atoms with Crippen LogP contribution in [0.15, 0.2) is 0 Å². The maximum Gasteiger partial charge on any atom is 0.0431 e. The van der Waals surface area contributed by atoms with Crippen LogP contribution in [-0.2, 0) is 0 Å². The lowest BCUT2D eigenvalue weighted by Gasteiger charge is -2.43. The summed E-state index contributed by atoms with van der Waals surface area (Å²) in [5.74, 6) is 1.75. The highest BCUT2D eigenvalue weighted by Crippen LogP contribution is 2.37. The maximum atomic E-state index is 9.17. The molecule has 1 heterocycles. The van der Waals surface area contributed by atoms with Gasteiger partial charge in [-0.3, -0.25) is 4.90 Å². The molecule has 22 heavy (non-hydrogen) atoms. The topological polar surface area (TPSA) is 35.5 Å². The van der Waals surface area contributed by atoms with Crippen LogP contribution in [0, 0.1) is 11.8 Å². The molecule has 2 N–H and O–H groups in total. The SMILES string of the molecule is CC(C1CC1)N1CC(CCCO)CC(NC2CCCCC2)C1. The van der Waals surface area contributed by atoms with Crippen molar-refractivity contribution >= 4 is 0 Å². The minimum absolute atomic E-state index is 0.357. The van der Waals surface area contributed by atoms with Crippen LogP contribution in [0.25, 0.3) is 0 Å². The zero-order valence-corrected chi connectivity index (χ0v) is 14.5. The van der Waals surface area contributed by atoms with Gasteiger partial charge in [0.2, 0.25) is 0 Å². The first-order valence-electron chi connectivity index (χ1n) is 9.87. The fraction of sp³-hybridized carbons (Fsp3) is 1.00. The molecule has 3 nitrogen and oxygen atoms in total. The number of nitrogens with zero attached hydrogens (tertiary/aromatic N) is 1. The van der Waals surface area contributed by atoms with Crippen LogP contribution in [-0.4, -0.2) is 47.8 Å². The summed E-state index contributed by atoms with van der Waals surface area (Å²) in [6, 6.07) is 2.22. The number of hydrogen-bond donors (Lipinski definition) is 2. The van der Waals surface area contributed by atoms with Gasteiger partial charge in [-0.2, -0.15) is 0 Å². The third-order valence-electron chi connectivity index (χ3n) is 6.29. The predicted octanol–water partition coefficient (Wildman–Crippen LogP) is 3.17. The largest absolute Gasteiger partial charge is 0.396 e. The molecule has 3 rings (SSSR count). The molecule has 3 aliphatic rings. The van der Waals surface area contributed by atoms with Gasteiger partial charge in [-0.05, 0) is 63.7 Å². The molecule has 1 aliphatic heterocycles. The van der Waals surface area contributed by atoms with Crippen molar-refractivity contribution in [3.05, 3.63) is 0 Å². The Hall–Kier alpha value is -0.120. The van der Waals surface area contributed by atoms with Crippen LogP contribution in [0.4, 0.5) is 0 Å². The van der Waals surface area contributed by atoms with E-state index in [9.17, 15) is 0 Å². The van der Waals surface area contributed by atoms with Crippen molar-refractivity contribution in [1.29, 1.82) is 0 Å². The van der Waals surface area contributed by atoms with Crippen LogP contribution in [0.1, 0.15) is 71.1 Å². The molecule has 0 aromatic carbocycles. The molecular weight excluding hydrogens is 272 g/mol. The van der Waals surface area contributed by atoms with Gasteiger partial charge < -0.3 is 10.4 Å². The van der Waals surface area contributed by atoms with E-state index in [1.807, 2.05) is 0 Å². The first kappa shape index (κ1) is 16.7. The van der Waals surface area contributed by atoms with Crippen LogP contribution in [0.2, 0.25) is 0 Å². The summed E-state index contributed by atoms with van der Waals surface area (Å²) < 4.78 is 0. The zero-order valence-electron chi connectivity index (χ0n) is 14.5. The highest BCUT2D eigenvalue weighted by Gasteiger charge is 2.37. The summed E-state index contributed by atoms with van der Waals surface area (Å²) in [5.41, 5.74) is 0. The van der Waals surface area contributed by atoms with Crippen molar-refractivity contribution in [2.45, 2.75) is 89.3 Å². The molecule has 1 saturated heterocycles. The summed E-state index contributed by atoms with van der Waals surface area (Å²) in [5, 5.41) is 13.2. The van der Waals surface area contributed by atoms with E-state index >= 15 is 0 Å². The lowest BCUT2D eigenvalue weighted by molar-refractivity contribution is 0.0813. The lowest BCUT2D eigenvalue weighted by atomic mass is 9.87. The van der Waals surface area contributed by atoms with Crippen molar-refractivity contribution in [1.82, 2.24) is 10.2 Å². The molecule has 0 radical (unpaired) electrons. The molecule has 0 aromatic rings. The summed E-state index contributed by atoms with van der Waals surface area (Å²) in [6.07, 6.45) is 13.4. The number of rotatable bonds is 7. The second-order valence-electron chi connectivity index (χ2n) is 8.20. The summed E-state index contributed by atoms with van der Waals surface area (Å²) in [4.78, 5) is 2.77. The number of likely N-dealkylation sites (tertiary alicyclic amines) is 1. The van der Waals surface area contributed by atoms with Crippen molar-refractivity contribution in [3.8, 4) is 0 Å². The smallest absolute Gasteiger partial charge is 0.0431 e. The van der Waals surface area contributed by atoms with Crippen LogP contribution in [0.5, 0.6) is 0 Å². The Morgan fingerprint density at radius 1 is 1.05 bits per heavy atom. The molecule has 3 fully saturated rings. The van der Waals surface area contributed by atoms with E-state index in [1.54, 1.807) is 0 Å². The zero-order chi connectivity index (χ0) is 15.4. The summed E-state index contributed by atoms with van der Waals surface area (Å²) in [7, 11) is 0. The average Bonchev–Trinajstić information content (AvgIpc) is 3.38. The van der Waals surface area contributed by atoms with Gasteiger partial charge in [-0.15, -0.1) is 0 Å². The predicted molar refractivity (Wildman–Crippen MR) is 92.0 cm³/mol. The first-order valence-corrected chi connectivity index (χ1v) is 9.87. The van der Waals surface area contributed by atoms with Crippen molar-refractivity contribution in [3.63, 3.8) is 0 Å². The van der Waals surface area contributed by atoms with Gasteiger partial charge in [-0.25, -0.2) is 0 Å². The van der Waals surface area contributed by atoms with E-state index in [1.165, 1.54) is 70.9 Å². The van der Waals surface area contributed by atoms with Gasteiger partial charge >= 0.3 is 0 Å². The number of aliphatic hydroxyl groups excluding tert-OH is 1. The van der Waals surface area contributed by atoms with Crippen LogP contribution in [0.3, 0.4) is 0 Å². The third kappa shape index (κ3) is 4.69. The number of aliphatic hydroxyl groups is 1. The molecule has 0 spiro atoms. The summed E-state index contributed by atoms with van der Waals surface area (Å²) >= 11 is 0. The van der Waals surface area contributed by atoms with E-state index in [2.05, 4.69) is 17.1 Å². The standard InChI is InChI=1S/C19H36N2O/c1-15(17-9-10-17)21-13-16(6-5-11-22)12-19(14-21)20-18-7-3-2-4-8-18/h15-20,22H,2-14H2,1H3. The molecule has 0 amide bonds. The highest BCUT2D eigenvalue weighted by molar-refractivity contribution is 4.92. The molecule has 2 saturated carbocycles. The van der Waals surface area contributed by atoms with Gasteiger partial charge in [0.05, 0.1) is 0 Å². The van der Waals surface area contributed by atoms with E-state index in [4.69, 9.17) is 5.11 Å². The number of piperidine rings is 1.